The molecule has 3 atom stereocenters. The van der Waals surface area contributed by atoms with Crippen LogP contribution in [0.2, 0.25) is 0 Å². The third kappa shape index (κ3) is 7.96. The molecule has 1 aromatic carbocycles. The highest BCUT2D eigenvalue weighted by molar-refractivity contribution is 5.97. The zero-order chi connectivity index (χ0) is 32.6. The first-order chi connectivity index (χ1) is 22.3. The van der Waals surface area contributed by atoms with Crippen LogP contribution >= 0.6 is 0 Å². The number of nitrogens with zero attached hydrogens (tertiary/aromatic N) is 8. The lowest BCUT2D eigenvalue weighted by Gasteiger charge is -2.41. The van der Waals surface area contributed by atoms with E-state index in [9.17, 15) is 5.26 Å². The summed E-state index contributed by atoms with van der Waals surface area (Å²) < 4.78 is 20.7. The maximum Gasteiger partial charge on any atom is 0.310 e. The average Bonchev–Trinajstić information content (AvgIpc) is 3.45. The summed E-state index contributed by atoms with van der Waals surface area (Å²) in [6.45, 7) is 8.26. The molecule has 1 aliphatic carbocycles. The SMILES string of the molecule is CC1CN(C2CCC(=[N+]3C=C(Nc4ncc(-c5ccc(C#N)c(O[C@@H](C)C/[N+](N)=C/N)c5)cn4)C(OCC#N)=N3)CC2)C[C@H](C)O1. The van der Waals surface area contributed by atoms with Crippen molar-refractivity contribution in [3.8, 4) is 29.0 Å². The Hall–Kier alpha value is -5.05. The minimum absolute atomic E-state index is 0.133. The van der Waals surface area contributed by atoms with E-state index in [1.807, 2.05) is 29.9 Å². The molecule has 0 radical (unpaired) electrons. The van der Waals surface area contributed by atoms with Crippen molar-refractivity contribution < 1.29 is 23.6 Å². The molecule has 2 aromatic rings. The predicted octanol–water partition coefficient (Wildman–Crippen LogP) is 2.28. The summed E-state index contributed by atoms with van der Waals surface area (Å²) in [6, 6.07) is 9.98. The van der Waals surface area contributed by atoms with Gasteiger partial charge in [-0.1, -0.05) is 10.8 Å². The van der Waals surface area contributed by atoms with E-state index in [0.717, 1.165) is 49.9 Å². The van der Waals surface area contributed by atoms with Crippen molar-refractivity contribution in [2.45, 2.75) is 70.8 Å². The topological polar surface area (TPSA) is 187 Å². The van der Waals surface area contributed by atoms with Crippen LogP contribution in [0.5, 0.6) is 5.75 Å². The number of morpholine rings is 1. The molecule has 0 spiro atoms. The quantitative estimate of drug-likeness (QED) is 0.122. The molecule has 3 aliphatic rings. The van der Waals surface area contributed by atoms with Crippen molar-refractivity contribution in [2.75, 3.05) is 31.6 Å². The Morgan fingerprint density at radius 3 is 2.54 bits per heavy atom. The first-order valence-corrected chi connectivity index (χ1v) is 15.5. The molecule has 14 heteroatoms. The number of benzene rings is 1. The van der Waals surface area contributed by atoms with E-state index in [1.54, 1.807) is 24.5 Å². The fraction of sp³-hybridized carbons (Fsp3) is 0.469. The number of hydrazine groups is 1. The molecule has 14 nitrogen and oxygen atoms in total. The van der Waals surface area contributed by atoms with Crippen LogP contribution in [-0.4, -0.2) is 92.8 Å². The maximum absolute atomic E-state index is 9.58. The minimum atomic E-state index is -0.320. The van der Waals surface area contributed by atoms with E-state index in [-0.39, 0.29) is 24.9 Å². The van der Waals surface area contributed by atoms with Gasteiger partial charge in [-0.2, -0.15) is 15.2 Å². The first-order valence-electron chi connectivity index (χ1n) is 15.5. The van der Waals surface area contributed by atoms with Gasteiger partial charge < -0.3 is 19.5 Å². The number of aromatic nitrogens is 2. The minimum Gasteiger partial charge on any atom is -0.485 e. The molecular formula is C32H41N11O3+2. The molecule has 1 aromatic heterocycles. The Balaban J connectivity index is 1.28. The first kappa shape index (κ1) is 32.3. The number of ether oxygens (including phenoxy) is 3. The third-order valence-corrected chi connectivity index (χ3v) is 8.10. The molecule has 1 saturated carbocycles. The Morgan fingerprint density at radius 2 is 1.89 bits per heavy atom. The highest BCUT2D eigenvalue weighted by Gasteiger charge is 2.34. The zero-order valence-electron chi connectivity index (χ0n) is 26.5. The van der Waals surface area contributed by atoms with Gasteiger partial charge in [0.25, 0.3) is 6.34 Å². The Morgan fingerprint density at radius 1 is 1.17 bits per heavy atom. The second-order valence-corrected chi connectivity index (χ2v) is 11.8. The fourth-order valence-electron chi connectivity index (χ4n) is 6.02. The summed E-state index contributed by atoms with van der Waals surface area (Å²) in [5.74, 6) is 6.83. The van der Waals surface area contributed by atoms with Crippen LogP contribution in [0.4, 0.5) is 5.95 Å². The van der Waals surface area contributed by atoms with Gasteiger partial charge in [0.05, 0.1) is 17.8 Å². The summed E-state index contributed by atoms with van der Waals surface area (Å²) in [6.07, 6.45) is 10.6. The predicted molar refractivity (Wildman–Crippen MR) is 172 cm³/mol. The van der Waals surface area contributed by atoms with Crippen molar-refractivity contribution >= 4 is 23.9 Å². The molecule has 46 heavy (non-hydrogen) atoms. The van der Waals surface area contributed by atoms with Gasteiger partial charge in [-0.25, -0.2) is 9.97 Å². The summed E-state index contributed by atoms with van der Waals surface area (Å²) >= 11 is 0. The molecule has 1 saturated heterocycles. The molecule has 2 fully saturated rings. The number of nitriles is 2. The highest BCUT2D eigenvalue weighted by atomic mass is 16.5. The number of anilines is 1. The van der Waals surface area contributed by atoms with E-state index in [2.05, 4.69) is 45.2 Å². The average molecular weight is 628 g/mol. The number of hydrazone groups is 2. The van der Waals surface area contributed by atoms with Crippen molar-refractivity contribution in [1.29, 1.82) is 10.5 Å². The lowest BCUT2D eigenvalue weighted by molar-refractivity contribution is -0.542. The van der Waals surface area contributed by atoms with Gasteiger partial charge in [-0.05, 0) is 51.3 Å². The van der Waals surface area contributed by atoms with Crippen molar-refractivity contribution in [1.82, 2.24) is 14.9 Å². The van der Waals surface area contributed by atoms with Crippen LogP contribution < -0.4 is 21.6 Å². The van der Waals surface area contributed by atoms with Gasteiger partial charge in [0, 0.05) is 55.0 Å². The molecule has 5 rings (SSSR count). The van der Waals surface area contributed by atoms with Gasteiger partial charge in [0.2, 0.25) is 12.1 Å². The number of rotatable bonds is 9. The standard InChI is InChI=1S/C32H40N11O3/c1-21-16-41(17-22(2)45-21)27-6-8-28(9-7-27)43-19-29(31(40-43)44-11-10-33)39-32-37-14-26(15-38-32)24-4-5-25(13-34)30(12-24)46-23(3)18-42(36)20-35/h4-5,12,14-15,19-23,27,35H,6-9,11,16-18,36H2,1-3H3,(H,37,38,39)/q+1/p+1/t21-,22?,23-,27?/m0/s1. The van der Waals surface area contributed by atoms with Crippen LogP contribution in [0.3, 0.4) is 0 Å². The maximum atomic E-state index is 9.58. The molecule has 3 heterocycles. The molecular weight excluding hydrogens is 586 g/mol. The van der Waals surface area contributed by atoms with Gasteiger partial charge in [0.15, 0.2) is 18.0 Å². The number of hydrogen-bond acceptors (Lipinski definition) is 11. The van der Waals surface area contributed by atoms with Crippen molar-refractivity contribution in [2.24, 2.45) is 16.7 Å². The van der Waals surface area contributed by atoms with E-state index in [4.69, 9.17) is 31.0 Å². The van der Waals surface area contributed by atoms with Crippen molar-refractivity contribution in [3.05, 3.63) is 48.1 Å². The molecule has 0 bridgehead atoms. The van der Waals surface area contributed by atoms with E-state index in [1.165, 1.54) is 16.7 Å². The van der Waals surface area contributed by atoms with E-state index < -0.39 is 0 Å². The summed E-state index contributed by atoms with van der Waals surface area (Å²) in [5, 5.41) is 26.6. The normalized spacial score (nSPS) is 22.7. The molecule has 2 aliphatic heterocycles. The second kappa shape index (κ2) is 14.8. The Kier molecular flexibility index (Phi) is 10.4. The van der Waals surface area contributed by atoms with E-state index in [0.29, 0.717) is 41.4 Å². The molecule has 1 unspecified atom stereocenters. The lowest BCUT2D eigenvalue weighted by Crippen LogP contribution is -2.51. The van der Waals surface area contributed by atoms with Gasteiger partial charge in [-0.3, -0.25) is 16.5 Å². The van der Waals surface area contributed by atoms with Crippen molar-refractivity contribution in [3.63, 3.8) is 0 Å². The largest absolute Gasteiger partial charge is 0.485 e. The fourth-order valence-corrected chi connectivity index (χ4v) is 6.02. The van der Waals surface area contributed by atoms with Gasteiger partial charge in [0.1, 0.15) is 30.5 Å². The summed E-state index contributed by atoms with van der Waals surface area (Å²) in [7, 11) is 0. The van der Waals surface area contributed by atoms with Crippen LogP contribution in [-0.2, 0) is 9.47 Å². The molecule has 240 valence electrons. The van der Waals surface area contributed by atoms with Crippen LogP contribution in [0, 0.1) is 22.7 Å². The van der Waals surface area contributed by atoms with E-state index >= 15 is 0 Å². The third-order valence-electron chi connectivity index (χ3n) is 8.10. The summed E-state index contributed by atoms with van der Waals surface area (Å²) in [4.78, 5) is 11.6. The molecule has 5 N–H and O–H groups in total. The smallest absolute Gasteiger partial charge is 0.310 e. The van der Waals surface area contributed by atoms with Crippen LogP contribution in [0.1, 0.15) is 52.0 Å². The van der Waals surface area contributed by atoms with Crippen LogP contribution in [0.15, 0.2) is 47.6 Å². The second-order valence-electron chi connectivity index (χ2n) is 11.8. The van der Waals surface area contributed by atoms with Crippen LogP contribution in [0.25, 0.3) is 11.1 Å². The zero-order valence-corrected chi connectivity index (χ0v) is 26.5. The van der Waals surface area contributed by atoms with Gasteiger partial charge >= 0.3 is 5.90 Å². The number of nitrogens with two attached hydrogens (primary N) is 2. The number of nitrogens with one attached hydrogen (secondary N) is 1. The monoisotopic (exact) mass is 627 g/mol. The van der Waals surface area contributed by atoms with Gasteiger partial charge in [-0.15, -0.1) is 0 Å². The highest BCUT2D eigenvalue weighted by Crippen LogP contribution is 2.29. The Bertz CT molecular complexity index is 1600. The number of hydrogen-bond donors (Lipinski definition) is 3. The lowest BCUT2D eigenvalue weighted by atomic mass is 9.91. The molecule has 0 amide bonds. The summed E-state index contributed by atoms with van der Waals surface area (Å²) in [5.41, 5.74) is 9.13. The Labute approximate surface area is 268 Å².